The van der Waals surface area contributed by atoms with Crippen LogP contribution in [0.3, 0.4) is 0 Å². The van der Waals surface area contributed by atoms with Gasteiger partial charge < -0.3 is 14.2 Å². The van der Waals surface area contributed by atoms with Gasteiger partial charge >= 0.3 is 0 Å². The molecule has 1 aromatic heterocycles. The number of amides is 2. The summed E-state index contributed by atoms with van der Waals surface area (Å²) in [6, 6.07) is 4.71. The second-order valence-corrected chi connectivity index (χ2v) is 5.60. The van der Waals surface area contributed by atoms with Crippen molar-refractivity contribution in [2.75, 3.05) is 26.2 Å². The minimum absolute atomic E-state index is 0.0966. The molecule has 0 radical (unpaired) electrons. The van der Waals surface area contributed by atoms with Crippen LogP contribution < -0.4 is 0 Å². The van der Waals surface area contributed by atoms with Gasteiger partial charge in [0.25, 0.3) is 11.8 Å². The smallest absolute Gasteiger partial charge is 0.257 e. The van der Waals surface area contributed by atoms with Crippen molar-refractivity contribution in [3.05, 3.63) is 59.1 Å². The zero-order valence-electron chi connectivity index (χ0n) is 13.1. The number of rotatable bonds is 2. The number of nitrogens with zero attached hydrogens (tertiary/aromatic N) is 2. The molecule has 0 N–H and O–H groups in total. The van der Waals surface area contributed by atoms with Crippen LogP contribution in [0.1, 0.15) is 26.5 Å². The van der Waals surface area contributed by atoms with Crippen molar-refractivity contribution in [2.45, 2.75) is 6.92 Å². The molecule has 5 nitrogen and oxygen atoms in total. The second-order valence-electron chi connectivity index (χ2n) is 5.60. The first-order valence-electron chi connectivity index (χ1n) is 7.55. The van der Waals surface area contributed by atoms with E-state index >= 15 is 0 Å². The largest absolute Gasteiger partial charge is 0.469 e. The summed E-state index contributed by atoms with van der Waals surface area (Å²) in [5, 5.41) is 0. The maximum Gasteiger partial charge on any atom is 0.257 e. The van der Waals surface area contributed by atoms with E-state index in [1.165, 1.54) is 17.2 Å². The van der Waals surface area contributed by atoms with Crippen molar-refractivity contribution in [3.8, 4) is 0 Å². The molecule has 2 heterocycles. The predicted molar refractivity (Wildman–Crippen MR) is 81.6 cm³/mol. The van der Waals surface area contributed by atoms with E-state index in [0.717, 1.165) is 12.1 Å². The number of carbonyl (C=O) groups is 2. The van der Waals surface area contributed by atoms with E-state index in [9.17, 15) is 18.4 Å². The van der Waals surface area contributed by atoms with Crippen LogP contribution in [0.2, 0.25) is 0 Å². The van der Waals surface area contributed by atoms with E-state index in [0.29, 0.717) is 37.5 Å². The third kappa shape index (κ3) is 3.02. The van der Waals surface area contributed by atoms with Crippen molar-refractivity contribution >= 4 is 11.8 Å². The third-order valence-corrected chi connectivity index (χ3v) is 4.11. The first-order valence-corrected chi connectivity index (χ1v) is 7.55. The zero-order valence-corrected chi connectivity index (χ0v) is 13.1. The lowest BCUT2D eigenvalue weighted by Crippen LogP contribution is -2.50. The van der Waals surface area contributed by atoms with Crippen LogP contribution in [0.25, 0.3) is 0 Å². The van der Waals surface area contributed by atoms with Gasteiger partial charge in [0.2, 0.25) is 0 Å². The van der Waals surface area contributed by atoms with Gasteiger partial charge in [-0.15, -0.1) is 0 Å². The topological polar surface area (TPSA) is 53.8 Å². The zero-order chi connectivity index (χ0) is 17.3. The third-order valence-electron chi connectivity index (χ3n) is 4.11. The van der Waals surface area contributed by atoms with Crippen LogP contribution in [0.5, 0.6) is 0 Å². The Morgan fingerprint density at radius 3 is 2.12 bits per heavy atom. The highest BCUT2D eigenvalue weighted by Gasteiger charge is 2.27. The lowest BCUT2D eigenvalue weighted by Gasteiger charge is -2.34. The molecule has 1 aliphatic heterocycles. The number of benzene rings is 1. The molecule has 1 aliphatic rings. The Morgan fingerprint density at radius 1 is 0.958 bits per heavy atom. The minimum Gasteiger partial charge on any atom is -0.469 e. The molecule has 1 saturated heterocycles. The summed E-state index contributed by atoms with van der Waals surface area (Å²) in [4.78, 5) is 27.9. The van der Waals surface area contributed by atoms with Crippen LogP contribution >= 0.6 is 0 Å². The molecule has 2 aromatic rings. The summed E-state index contributed by atoms with van der Waals surface area (Å²) < 4.78 is 31.4. The SMILES string of the molecule is Cc1occc1C(=O)N1CCN(C(=O)c2ccc(F)c(F)c2)CC1. The van der Waals surface area contributed by atoms with Gasteiger partial charge in [0.15, 0.2) is 11.6 Å². The van der Waals surface area contributed by atoms with E-state index in [-0.39, 0.29) is 17.4 Å². The summed E-state index contributed by atoms with van der Waals surface area (Å²) in [5.74, 6) is -2.00. The van der Waals surface area contributed by atoms with Crippen molar-refractivity contribution in [3.63, 3.8) is 0 Å². The number of aryl methyl sites for hydroxylation is 1. The Morgan fingerprint density at radius 2 is 1.58 bits per heavy atom. The van der Waals surface area contributed by atoms with E-state index in [1.807, 2.05) is 0 Å². The maximum absolute atomic E-state index is 13.3. The van der Waals surface area contributed by atoms with Crippen LogP contribution in [0, 0.1) is 18.6 Å². The van der Waals surface area contributed by atoms with Crippen LogP contribution in [-0.4, -0.2) is 47.8 Å². The average Bonchev–Trinajstić information content (AvgIpc) is 3.02. The van der Waals surface area contributed by atoms with Crippen molar-refractivity contribution in [1.82, 2.24) is 9.80 Å². The Balaban J connectivity index is 1.64. The highest BCUT2D eigenvalue weighted by atomic mass is 19.2. The van der Waals surface area contributed by atoms with Crippen molar-refractivity contribution in [1.29, 1.82) is 0 Å². The number of furan rings is 1. The molecule has 0 unspecified atom stereocenters. The highest BCUT2D eigenvalue weighted by Crippen LogP contribution is 2.16. The van der Waals surface area contributed by atoms with E-state index in [1.54, 1.807) is 17.9 Å². The summed E-state index contributed by atoms with van der Waals surface area (Å²) in [5.41, 5.74) is 0.606. The van der Waals surface area contributed by atoms with Crippen LogP contribution in [-0.2, 0) is 0 Å². The van der Waals surface area contributed by atoms with E-state index in [2.05, 4.69) is 0 Å². The fraction of sp³-hybridized carbons (Fsp3) is 0.294. The van der Waals surface area contributed by atoms with Gasteiger partial charge in [-0.2, -0.15) is 0 Å². The molecule has 0 aliphatic carbocycles. The van der Waals surface area contributed by atoms with Gasteiger partial charge in [0.1, 0.15) is 5.76 Å². The monoisotopic (exact) mass is 334 g/mol. The summed E-state index contributed by atoms with van der Waals surface area (Å²) >= 11 is 0. The average molecular weight is 334 g/mol. The lowest BCUT2D eigenvalue weighted by molar-refractivity contribution is 0.0534. The fourth-order valence-corrected chi connectivity index (χ4v) is 2.70. The van der Waals surface area contributed by atoms with Crippen LogP contribution in [0.15, 0.2) is 34.9 Å². The van der Waals surface area contributed by atoms with Gasteiger partial charge in [0.05, 0.1) is 11.8 Å². The summed E-state index contributed by atoms with van der Waals surface area (Å²) in [6.07, 6.45) is 1.46. The summed E-state index contributed by atoms with van der Waals surface area (Å²) in [7, 11) is 0. The molecule has 126 valence electrons. The molecule has 1 aromatic carbocycles. The van der Waals surface area contributed by atoms with Crippen molar-refractivity contribution in [2.24, 2.45) is 0 Å². The Kier molecular flexibility index (Phi) is 4.33. The van der Waals surface area contributed by atoms with Gasteiger partial charge in [-0.05, 0) is 31.2 Å². The van der Waals surface area contributed by atoms with Gasteiger partial charge in [-0.1, -0.05) is 0 Å². The highest BCUT2D eigenvalue weighted by molar-refractivity contribution is 5.96. The quantitative estimate of drug-likeness (QED) is 0.848. The Labute approximate surface area is 137 Å². The van der Waals surface area contributed by atoms with E-state index in [4.69, 9.17) is 4.42 Å². The molecule has 0 bridgehead atoms. The molecule has 7 heteroatoms. The molecule has 24 heavy (non-hydrogen) atoms. The van der Waals surface area contributed by atoms with E-state index < -0.39 is 11.6 Å². The van der Waals surface area contributed by atoms with Gasteiger partial charge in [-0.25, -0.2) is 8.78 Å². The Hall–Kier alpha value is -2.70. The first-order chi connectivity index (χ1) is 11.5. The maximum atomic E-state index is 13.3. The predicted octanol–water partition coefficient (Wildman–Crippen LogP) is 2.46. The second kappa shape index (κ2) is 6.43. The molecule has 0 atom stereocenters. The molecule has 0 spiro atoms. The first kappa shape index (κ1) is 16.2. The standard InChI is InChI=1S/C17H16F2N2O3/c1-11-13(4-9-24-11)17(23)21-7-5-20(6-8-21)16(22)12-2-3-14(18)15(19)10-12/h2-4,9-10H,5-8H2,1H3. The summed E-state index contributed by atoms with van der Waals surface area (Å²) in [6.45, 7) is 3.13. The Bertz CT molecular complexity index is 780. The number of hydrogen-bond acceptors (Lipinski definition) is 3. The molecule has 1 fully saturated rings. The molecular weight excluding hydrogens is 318 g/mol. The number of halogens is 2. The van der Waals surface area contributed by atoms with Crippen molar-refractivity contribution < 1.29 is 22.8 Å². The number of piperazine rings is 1. The molecule has 2 amide bonds. The number of carbonyl (C=O) groups excluding carboxylic acids is 2. The minimum atomic E-state index is -1.05. The molecule has 0 saturated carbocycles. The van der Waals surface area contributed by atoms with Gasteiger partial charge in [-0.3, -0.25) is 9.59 Å². The normalized spacial score (nSPS) is 14.8. The van der Waals surface area contributed by atoms with Gasteiger partial charge in [0, 0.05) is 31.7 Å². The molecule has 3 rings (SSSR count). The molecular formula is C17H16F2N2O3. The van der Waals surface area contributed by atoms with Crippen LogP contribution in [0.4, 0.5) is 8.78 Å². The fourth-order valence-electron chi connectivity index (χ4n) is 2.70. The number of hydrogen-bond donors (Lipinski definition) is 0. The lowest BCUT2D eigenvalue weighted by atomic mass is 10.1.